The molecule has 2 heterocycles. The summed E-state index contributed by atoms with van der Waals surface area (Å²) in [6.07, 6.45) is 3.42. The van der Waals surface area contributed by atoms with Gasteiger partial charge in [0, 0.05) is 18.5 Å². The Balaban J connectivity index is 1.77. The molecule has 0 fully saturated rings. The van der Waals surface area contributed by atoms with Gasteiger partial charge in [-0.15, -0.1) is 10.2 Å². The van der Waals surface area contributed by atoms with Crippen LogP contribution in [0.25, 0.3) is 0 Å². The van der Waals surface area contributed by atoms with Gasteiger partial charge in [-0.25, -0.2) is 0 Å². The minimum Gasteiger partial charge on any atom is -0.296 e. The Bertz CT molecular complexity index is 862. The molecule has 0 saturated heterocycles. The highest BCUT2D eigenvalue weighted by molar-refractivity contribution is 7.15. The third-order valence-corrected chi connectivity index (χ3v) is 5.02. The van der Waals surface area contributed by atoms with Crippen molar-refractivity contribution in [2.75, 3.05) is 11.9 Å². The molecule has 136 valence electrons. The molecule has 2 aromatic rings. The zero-order valence-corrected chi connectivity index (χ0v) is 15.6. The molecular weight excluding hydrogens is 352 g/mol. The summed E-state index contributed by atoms with van der Waals surface area (Å²) in [6.45, 7) is 4.45. The molecule has 7 nitrogen and oxygen atoms in total. The number of hydrogen-bond acceptors (Lipinski definition) is 6. The van der Waals surface area contributed by atoms with Crippen LogP contribution in [0.3, 0.4) is 0 Å². The van der Waals surface area contributed by atoms with E-state index in [1.807, 2.05) is 13.8 Å². The molecule has 1 aromatic carbocycles. The minimum absolute atomic E-state index is 0.280. The fraction of sp³-hybridized carbons (Fsp3) is 0.389. The third-order valence-electron chi connectivity index (χ3n) is 4.12. The lowest BCUT2D eigenvalue weighted by Gasteiger charge is -2.12. The monoisotopic (exact) mass is 372 g/mol. The van der Waals surface area contributed by atoms with Crippen molar-refractivity contribution in [3.05, 3.63) is 39.9 Å². The second kappa shape index (κ2) is 7.74. The highest BCUT2D eigenvalue weighted by Gasteiger charge is 2.35. The van der Waals surface area contributed by atoms with Crippen LogP contribution in [0.4, 0.5) is 5.13 Å². The van der Waals surface area contributed by atoms with Crippen LogP contribution in [0.2, 0.25) is 0 Å². The van der Waals surface area contributed by atoms with E-state index >= 15 is 0 Å². The maximum atomic E-state index is 12.5. The Hall–Kier alpha value is -2.61. The summed E-state index contributed by atoms with van der Waals surface area (Å²) in [5.41, 5.74) is 0.945. The van der Waals surface area contributed by atoms with Crippen LogP contribution in [-0.4, -0.2) is 39.4 Å². The van der Waals surface area contributed by atoms with E-state index in [4.69, 9.17) is 0 Å². The second-order valence-electron chi connectivity index (χ2n) is 6.08. The van der Waals surface area contributed by atoms with Gasteiger partial charge in [0.25, 0.3) is 17.7 Å². The van der Waals surface area contributed by atoms with Crippen LogP contribution in [0.15, 0.2) is 18.2 Å². The quantitative estimate of drug-likeness (QED) is 0.754. The van der Waals surface area contributed by atoms with Crippen LogP contribution < -0.4 is 5.32 Å². The first-order valence-corrected chi connectivity index (χ1v) is 9.50. The van der Waals surface area contributed by atoms with Crippen molar-refractivity contribution >= 4 is 34.2 Å². The SMILES string of the molecule is CCCCN1C(=O)c2ccc(C(=O)Nc3nnc(CCC)s3)cc2C1=O. The van der Waals surface area contributed by atoms with Crippen molar-refractivity contribution in [3.63, 3.8) is 0 Å². The zero-order valence-electron chi connectivity index (χ0n) is 14.7. The Labute approximate surface area is 155 Å². The van der Waals surface area contributed by atoms with Gasteiger partial charge < -0.3 is 0 Å². The van der Waals surface area contributed by atoms with E-state index in [0.717, 1.165) is 30.7 Å². The number of aryl methyl sites for hydroxylation is 1. The number of hydrogen-bond donors (Lipinski definition) is 1. The Morgan fingerprint density at radius 1 is 1.12 bits per heavy atom. The summed E-state index contributed by atoms with van der Waals surface area (Å²) >= 11 is 1.33. The van der Waals surface area contributed by atoms with E-state index in [1.54, 1.807) is 12.1 Å². The maximum Gasteiger partial charge on any atom is 0.261 e. The summed E-state index contributed by atoms with van der Waals surface area (Å²) in [5, 5.41) is 12.0. The average Bonchev–Trinajstić information content (AvgIpc) is 3.17. The van der Waals surface area contributed by atoms with E-state index in [1.165, 1.54) is 22.3 Å². The van der Waals surface area contributed by atoms with Gasteiger partial charge in [-0.1, -0.05) is 31.6 Å². The number of rotatable bonds is 7. The maximum absolute atomic E-state index is 12.5. The molecule has 3 amide bonds. The predicted molar refractivity (Wildman–Crippen MR) is 98.6 cm³/mol. The highest BCUT2D eigenvalue weighted by Crippen LogP contribution is 2.25. The lowest BCUT2D eigenvalue weighted by atomic mass is 10.1. The number of anilines is 1. The number of nitrogens with zero attached hydrogens (tertiary/aromatic N) is 3. The van der Waals surface area contributed by atoms with Gasteiger partial charge in [0.1, 0.15) is 5.01 Å². The van der Waals surface area contributed by atoms with Crippen molar-refractivity contribution < 1.29 is 14.4 Å². The summed E-state index contributed by atoms with van der Waals surface area (Å²) in [5.74, 6) is -1.01. The van der Waals surface area contributed by atoms with Gasteiger partial charge >= 0.3 is 0 Å². The lowest BCUT2D eigenvalue weighted by molar-refractivity contribution is 0.0652. The molecule has 26 heavy (non-hydrogen) atoms. The zero-order chi connectivity index (χ0) is 18.7. The van der Waals surface area contributed by atoms with Gasteiger partial charge in [-0.2, -0.15) is 0 Å². The molecule has 0 saturated carbocycles. The molecule has 0 spiro atoms. The van der Waals surface area contributed by atoms with Crippen LogP contribution in [0.1, 0.15) is 69.2 Å². The molecule has 1 aromatic heterocycles. The summed E-state index contributed by atoms with van der Waals surface area (Å²) in [6, 6.07) is 4.57. The van der Waals surface area contributed by atoms with Crippen molar-refractivity contribution in [1.29, 1.82) is 0 Å². The summed E-state index contributed by atoms with van der Waals surface area (Å²) in [4.78, 5) is 38.5. The largest absolute Gasteiger partial charge is 0.296 e. The summed E-state index contributed by atoms with van der Waals surface area (Å²) < 4.78 is 0. The number of amides is 3. The minimum atomic E-state index is -0.376. The summed E-state index contributed by atoms with van der Waals surface area (Å²) in [7, 11) is 0. The Morgan fingerprint density at radius 3 is 2.62 bits per heavy atom. The number of fused-ring (bicyclic) bond motifs is 1. The lowest BCUT2D eigenvalue weighted by Crippen LogP contribution is -2.30. The molecule has 8 heteroatoms. The van der Waals surface area contributed by atoms with E-state index in [0.29, 0.717) is 22.8 Å². The van der Waals surface area contributed by atoms with Gasteiger partial charge in [0.05, 0.1) is 11.1 Å². The number of imide groups is 1. The molecular formula is C18H20N4O3S. The topological polar surface area (TPSA) is 92.3 Å². The standard InChI is InChI=1S/C18H20N4O3S/c1-3-5-9-22-16(24)12-8-7-11(10-13(12)17(22)25)15(23)19-18-21-20-14(26-18)6-4-2/h7-8,10H,3-6,9H2,1-2H3,(H,19,21,23). The van der Waals surface area contributed by atoms with Crippen LogP contribution in [0, 0.1) is 0 Å². The fourth-order valence-electron chi connectivity index (χ4n) is 2.74. The van der Waals surface area contributed by atoms with E-state index in [9.17, 15) is 14.4 Å². The Morgan fingerprint density at radius 2 is 1.88 bits per heavy atom. The van der Waals surface area contributed by atoms with Crippen molar-refractivity contribution in [2.24, 2.45) is 0 Å². The number of carbonyl (C=O) groups is 3. The smallest absolute Gasteiger partial charge is 0.261 e. The first kappa shape index (κ1) is 18.2. The van der Waals surface area contributed by atoms with Gasteiger partial charge in [0.2, 0.25) is 5.13 Å². The van der Waals surface area contributed by atoms with Gasteiger partial charge in [0.15, 0.2) is 0 Å². The van der Waals surface area contributed by atoms with Crippen molar-refractivity contribution in [2.45, 2.75) is 39.5 Å². The molecule has 0 atom stereocenters. The van der Waals surface area contributed by atoms with Crippen molar-refractivity contribution in [1.82, 2.24) is 15.1 Å². The molecule has 0 aliphatic carbocycles. The predicted octanol–water partition coefficient (Wildman–Crippen LogP) is 3.14. The van der Waals surface area contributed by atoms with Crippen LogP contribution in [0.5, 0.6) is 0 Å². The fourth-order valence-corrected chi connectivity index (χ4v) is 3.58. The molecule has 0 radical (unpaired) electrons. The number of aromatic nitrogens is 2. The van der Waals surface area contributed by atoms with Gasteiger partial charge in [-0.05, 0) is 31.0 Å². The molecule has 3 rings (SSSR count). The molecule has 1 aliphatic rings. The highest BCUT2D eigenvalue weighted by atomic mass is 32.1. The number of carbonyl (C=O) groups excluding carboxylic acids is 3. The average molecular weight is 372 g/mol. The van der Waals surface area contributed by atoms with E-state index in [-0.39, 0.29) is 23.3 Å². The number of nitrogens with one attached hydrogen (secondary N) is 1. The van der Waals surface area contributed by atoms with Gasteiger partial charge in [-0.3, -0.25) is 24.6 Å². The first-order valence-electron chi connectivity index (χ1n) is 8.69. The number of benzene rings is 1. The molecule has 1 N–H and O–H groups in total. The molecule has 0 unspecified atom stereocenters. The van der Waals surface area contributed by atoms with Crippen LogP contribution >= 0.6 is 11.3 Å². The second-order valence-corrected chi connectivity index (χ2v) is 7.14. The van der Waals surface area contributed by atoms with Crippen LogP contribution in [-0.2, 0) is 6.42 Å². The first-order chi connectivity index (χ1) is 12.5. The van der Waals surface area contributed by atoms with E-state index < -0.39 is 0 Å². The number of unbranched alkanes of at least 4 members (excludes halogenated alkanes) is 1. The third kappa shape index (κ3) is 3.50. The van der Waals surface area contributed by atoms with E-state index in [2.05, 4.69) is 15.5 Å². The normalized spacial score (nSPS) is 13.2. The molecule has 1 aliphatic heterocycles. The van der Waals surface area contributed by atoms with Crippen molar-refractivity contribution in [3.8, 4) is 0 Å². The molecule has 0 bridgehead atoms. The Kier molecular flexibility index (Phi) is 5.41.